The molecule has 0 aromatic carbocycles. The Labute approximate surface area is 292 Å². The minimum absolute atomic E-state index is 0.331. The van der Waals surface area contributed by atoms with Crippen molar-refractivity contribution in [2.24, 2.45) is 5.92 Å². The second kappa shape index (κ2) is 37.0. The molecule has 0 aliphatic carbocycles. The van der Waals surface area contributed by atoms with Gasteiger partial charge in [0, 0.05) is 6.42 Å². The number of carbonyl (C=O) groups excluding carboxylic acids is 1. The smallest absolute Gasteiger partial charge is 0.130 e. The van der Waals surface area contributed by atoms with Gasteiger partial charge in [0.05, 0.1) is 0 Å². The van der Waals surface area contributed by atoms with Crippen molar-refractivity contribution in [1.29, 1.82) is 0 Å². The van der Waals surface area contributed by atoms with Crippen LogP contribution in [-0.2, 0) is 4.79 Å². The summed E-state index contributed by atoms with van der Waals surface area (Å²) in [6.07, 6.45) is 48.6. The fourth-order valence-electron chi connectivity index (χ4n) is 7.22. The summed E-state index contributed by atoms with van der Waals surface area (Å²) >= 11 is 0. The summed E-state index contributed by atoms with van der Waals surface area (Å²) in [6.45, 7) is 15.2. The molecule has 1 heteroatoms. The van der Waals surface area contributed by atoms with E-state index in [2.05, 4.69) is 27.0 Å². The Hall–Kier alpha value is -0.850. The van der Waals surface area contributed by atoms with Gasteiger partial charge in [0.15, 0.2) is 0 Å². The summed E-state index contributed by atoms with van der Waals surface area (Å²) in [5, 5.41) is 0. The van der Waals surface area contributed by atoms with Gasteiger partial charge in [0.1, 0.15) is 5.78 Å². The number of ketones is 1. The van der Waals surface area contributed by atoms with Crippen LogP contribution in [0.2, 0.25) is 0 Å². The number of rotatable bonds is 39. The summed E-state index contributed by atoms with van der Waals surface area (Å²) < 4.78 is 0. The number of allylic oxidation sites excluding steroid dienone is 2. The highest BCUT2D eigenvalue weighted by atomic mass is 16.1. The third kappa shape index (κ3) is 36.0. The van der Waals surface area contributed by atoms with Crippen LogP contribution in [0.15, 0.2) is 24.3 Å². The Bertz CT molecular complexity index is 660. The Balaban J connectivity index is 3.70. The van der Waals surface area contributed by atoms with Crippen molar-refractivity contribution in [3.05, 3.63) is 24.3 Å². The minimum atomic E-state index is 0.331. The average molecular weight is 643 g/mol. The maximum atomic E-state index is 12.0. The van der Waals surface area contributed by atoms with Crippen molar-refractivity contribution in [3.63, 3.8) is 0 Å². The van der Waals surface area contributed by atoms with Gasteiger partial charge in [0.25, 0.3) is 0 Å². The van der Waals surface area contributed by atoms with E-state index in [1.165, 1.54) is 210 Å². The Morgan fingerprint density at radius 1 is 0.391 bits per heavy atom. The van der Waals surface area contributed by atoms with Crippen LogP contribution in [0.3, 0.4) is 0 Å². The molecular formula is C45H86O. The molecule has 0 saturated carbocycles. The molecule has 1 nitrogen and oxygen atoms in total. The highest BCUT2D eigenvalue weighted by Gasteiger charge is 2.14. The van der Waals surface area contributed by atoms with E-state index in [1.807, 2.05) is 0 Å². The molecule has 0 N–H and O–H groups in total. The lowest BCUT2D eigenvalue weighted by atomic mass is 9.87. The molecule has 0 aromatic heterocycles. The Kier molecular flexibility index (Phi) is 36.3. The molecule has 0 bridgehead atoms. The second-order valence-electron chi connectivity index (χ2n) is 15.4. The largest absolute Gasteiger partial charge is 0.300 e. The molecule has 1 atom stereocenters. The van der Waals surface area contributed by atoms with Crippen LogP contribution in [-0.4, -0.2) is 5.78 Å². The molecule has 0 radical (unpaired) electrons. The molecule has 46 heavy (non-hydrogen) atoms. The van der Waals surface area contributed by atoms with E-state index < -0.39 is 0 Å². The summed E-state index contributed by atoms with van der Waals surface area (Å²) in [4.78, 5) is 12.0. The predicted octanol–water partition coefficient (Wildman–Crippen LogP) is 16.4. The summed E-state index contributed by atoms with van der Waals surface area (Å²) in [5.41, 5.74) is 2.77. The van der Waals surface area contributed by atoms with Crippen LogP contribution in [0.1, 0.15) is 252 Å². The van der Waals surface area contributed by atoms with Crippen LogP contribution in [0, 0.1) is 5.92 Å². The lowest BCUT2D eigenvalue weighted by Crippen LogP contribution is -2.08. The first-order valence-electron chi connectivity index (χ1n) is 21.3. The van der Waals surface area contributed by atoms with E-state index in [-0.39, 0.29) is 0 Å². The van der Waals surface area contributed by atoms with Gasteiger partial charge in [0.2, 0.25) is 0 Å². The first-order valence-corrected chi connectivity index (χ1v) is 21.3. The van der Waals surface area contributed by atoms with Crippen LogP contribution in [0.4, 0.5) is 0 Å². The molecule has 0 rings (SSSR count). The van der Waals surface area contributed by atoms with Gasteiger partial charge in [-0.3, -0.25) is 0 Å². The highest BCUT2D eigenvalue weighted by Crippen LogP contribution is 2.26. The van der Waals surface area contributed by atoms with E-state index >= 15 is 0 Å². The lowest BCUT2D eigenvalue weighted by molar-refractivity contribution is -0.117. The first kappa shape index (κ1) is 45.2. The fraction of sp³-hybridized carbons (Fsp3) is 0.889. The number of hydrogen-bond acceptors (Lipinski definition) is 1. The van der Waals surface area contributed by atoms with Crippen LogP contribution in [0.25, 0.3) is 0 Å². The number of hydrogen-bond donors (Lipinski definition) is 0. The van der Waals surface area contributed by atoms with Crippen LogP contribution in [0.5, 0.6) is 0 Å². The molecule has 0 heterocycles. The monoisotopic (exact) mass is 643 g/mol. The van der Waals surface area contributed by atoms with E-state index in [0.717, 1.165) is 25.7 Å². The van der Waals surface area contributed by atoms with Gasteiger partial charge in [-0.1, -0.05) is 218 Å². The van der Waals surface area contributed by atoms with Gasteiger partial charge < -0.3 is 4.79 Å². The molecule has 0 saturated heterocycles. The van der Waals surface area contributed by atoms with Gasteiger partial charge in [-0.05, 0) is 57.8 Å². The van der Waals surface area contributed by atoms with E-state index in [9.17, 15) is 4.79 Å². The summed E-state index contributed by atoms with van der Waals surface area (Å²) in [7, 11) is 0. The van der Waals surface area contributed by atoms with E-state index in [0.29, 0.717) is 18.1 Å². The zero-order valence-corrected chi connectivity index (χ0v) is 32.4. The number of Topliss-reactive ketones (excluding diaryl/α,β-unsaturated/α-hetero) is 1. The zero-order chi connectivity index (χ0) is 33.8. The van der Waals surface area contributed by atoms with Crippen molar-refractivity contribution >= 4 is 5.78 Å². The van der Waals surface area contributed by atoms with Crippen molar-refractivity contribution in [3.8, 4) is 0 Å². The van der Waals surface area contributed by atoms with Gasteiger partial charge in [-0.2, -0.15) is 0 Å². The molecule has 272 valence electrons. The quantitative estimate of drug-likeness (QED) is 0.0481. The summed E-state index contributed by atoms with van der Waals surface area (Å²) in [5.74, 6) is 0.789. The maximum absolute atomic E-state index is 12.0. The molecule has 0 spiro atoms. The van der Waals surface area contributed by atoms with Gasteiger partial charge in [-0.15, -0.1) is 0 Å². The molecule has 0 aliphatic heterocycles. The van der Waals surface area contributed by atoms with Crippen molar-refractivity contribution in [2.45, 2.75) is 252 Å². The average Bonchev–Trinajstić information content (AvgIpc) is 3.03. The van der Waals surface area contributed by atoms with Gasteiger partial charge in [-0.25, -0.2) is 0 Å². The van der Waals surface area contributed by atoms with Crippen molar-refractivity contribution in [2.75, 3.05) is 0 Å². The van der Waals surface area contributed by atoms with Gasteiger partial charge >= 0.3 is 0 Å². The SMILES string of the molecule is C=C(CCCCCCCCCCCCCCCCC)CCC(CC(=C)CCCCCCCCCCCCCCCCC)CC(C)=O. The second-order valence-corrected chi connectivity index (χ2v) is 15.4. The normalized spacial score (nSPS) is 12.1. The van der Waals surface area contributed by atoms with E-state index in [4.69, 9.17) is 0 Å². The molecule has 0 aromatic rings. The molecule has 0 fully saturated rings. The molecule has 0 aliphatic rings. The minimum Gasteiger partial charge on any atom is -0.300 e. The number of unbranched alkanes of at least 4 members (excludes halogenated alkanes) is 28. The maximum Gasteiger partial charge on any atom is 0.130 e. The molecular weight excluding hydrogens is 556 g/mol. The summed E-state index contributed by atoms with van der Waals surface area (Å²) in [6, 6.07) is 0. The zero-order valence-electron chi connectivity index (χ0n) is 32.4. The third-order valence-corrected chi connectivity index (χ3v) is 10.3. The van der Waals surface area contributed by atoms with Crippen molar-refractivity contribution < 1.29 is 4.79 Å². The number of carbonyl (C=O) groups is 1. The predicted molar refractivity (Wildman–Crippen MR) is 210 cm³/mol. The standard InChI is InChI=1S/C45H86O/c1-6-8-10-12-14-16-18-20-22-24-26-28-30-32-34-36-42(3)38-39-45(41-44(5)46)40-43(4)37-35-33-31-29-27-25-23-21-19-17-15-13-11-9-7-2/h45H,3-4,6-41H2,1-2,5H3. The lowest BCUT2D eigenvalue weighted by Gasteiger charge is -2.18. The topological polar surface area (TPSA) is 17.1 Å². The van der Waals surface area contributed by atoms with Crippen LogP contribution < -0.4 is 0 Å². The van der Waals surface area contributed by atoms with E-state index in [1.54, 1.807) is 6.92 Å². The highest BCUT2D eigenvalue weighted by molar-refractivity contribution is 5.75. The third-order valence-electron chi connectivity index (χ3n) is 10.3. The Morgan fingerprint density at radius 3 is 0.978 bits per heavy atom. The fourth-order valence-corrected chi connectivity index (χ4v) is 7.22. The molecule has 0 amide bonds. The van der Waals surface area contributed by atoms with Crippen LogP contribution >= 0.6 is 0 Å². The first-order chi connectivity index (χ1) is 22.5. The Morgan fingerprint density at radius 2 is 0.674 bits per heavy atom. The van der Waals surface area contributed by atoms with Crippen molar-refractivity contribution in [1.82, 2.24) is 0 Å². The molecule has 1 unspecified atom stereocenters.